The third-order valence-corrected chi connectivity index (χ3v) is 8.89. The minimum Gasteiger partial charge on any atom is -0.726 e. The molecule has 2 aliphatic rings. The zero-order valence-electron chi connectivity index (χ0n) is 56.7. The van der Waals surface area contributed by atoms with Gasteiger partial charge in [-0.25, -0.2) is 71.5 Å². The molecule has 0 unspecified atom stereocenters. The first-order valence-corrected chi connectivity index (χ1v) is 22.4. The van der Waals surface area contributed by atoms with Gasteiger partial charge in [-0.2, -0.15) is 0 Å². The highest BCUT2D eigenvalue weighted by Crippen LogP contribution is 2.43. The van der Waals surface area contributed by atoms with Crippen molar-refractivity contribution in [3.8, 4) is 0 Å². The summed E-state index contributed by atoms with van der Waals surface area (Å²) in [5.41, 5.74) is 0. The Kier molecular flexibility index (Phi) is 596. The Balaban J connectivity index is -0.0000000102. The first kappa shape index (κ1) is 413. The van der Waals surface area contributed by atoms with Gasteiger partial charge in [0.1, 0.15) is 24.9 Å². The Morgan fingerprint density at radius 1 is 0.236 bits per heavy atom. The van der Waals surface area contributed by atoms with Crippen molar-refractivity contribution in [3.63, 3.8) is 0 Å². The number of rotatable bonds is 20. The minimum absolute atomic E-state index is 0. The molecule has 80 N–H and O–H groups in total. The van der Waals surface area contributed by atoms with E-state index in [1.165, 1.54) is 0 Å². The van der Waals surface area contributed by atoms with Gasteiger partial charge in [0.05, 0.1) is 6.61 Å². The maximum atomic E-state index is 11.6. The predicted octanol–water partition coefficient (Wildman–Crippen LogP) is -52.9. The summed E-state index contributed by atoms with van der Waals surface area (Å²) >= 11 is 0. The van der Waals surface area contributed by atoms with E-state index in [0.717, 1.165) is 0 Å². The van der Waals surface area contributed by atoms with Crippen LogP contribution in [0.5, 0.6) is 0 Å². The van der Waals surface area contributed by atoms with Crippen LogP contribution in [-0.2, 0) is 131 Å². The quantitative estimate of drug-likeness (QED) is 0.0620. The van der Waals surface area contributed by atoms with Crippen LogP contribution in [0.15, 0.2) is 0 Å². The van der Waals surface area contributed by atoms with Crippen LogP contribution in [-0.4, -0.2) is 669 Å². The maximum absolute atomic E-state index is 11.6. The lowest BCUT2D eigenvalue weighted by atomic mass is 9.99. The van der Waals surface area contributed by atoms with Gasteiger partial charge in [0.25, 0.3) is 0 Å². The van der Waals surface area contributed by atoms with Gasteiger partial charge in [0.15, 0.2) is 24.6 Å². The Morgan fingerprint density at radius 3 is 0.627 bits per heavy atom. The summed E-state index contributed by atoms with van der Waals surface area (Å²) in [6.07, 6.45) is -28.8. The highest BCUT2D eigenvalue weighted by molar-refractivity contribution is 7.82. The zero-order chi connectivity index (χ0) is 42.3. The van der Waals surface area contributed by atoms with Crippen molar-refractivity contribution < 1.29 is 370 Å². The van der Waals surface area contributed by atoms with E-state index in [-0.39, 0.29) is 497 Å². The Bertz CT molecular complexity index is 2340. The summed E-state index contributed by atoms with van der Waals surface area (Å²) in [6, 6.07) is 0. The third-order valence-electron chi connectivity index (χ3n) is 5.35. The zero-order valence-corrected chi connectivity index (χ0v) is 88.5. The molecule has 2 fully saturated rings. The van der Waals surface area contributed by atoms with Crippen molar-refractivity contribution >= 4 is 361 Å². The second kappa shape index (κ2) is 159. The topological polar surface area (TPSA) is 1820 Å². The molecule has 99 heteroatoms. The van der Waals surface area contributed by atoms with Crippen LogP contribution in [0.25, 0.3) is 0 Å². The lowest BCUT2D eigenvalue weighted by molar-refractivity contribution is -0.380. The SMILES string of the molecule is O.O.O.O.O.O.O.O.O.O.O.O.O.O.O.O.O.O.O.O.O.O.O.O.O.O.O.O.O.O.O.O.O.O.O.O.O.O.O.O.O=S(=O)([O-])OC[C@H]1O[C@@H](O[C@]2(COS(=O)(=O)[O-])O[C@H](OS(=O)(=O)[O-])[C@@H](OS(=O)(=O)[O-])[C@@H]2OS(=O)(=O)[O-])[C@H](OS(=O)(=O)[O-])[C@@H](OS(=O)(=O)[O-])[C@@H]1OS(=O)(=O)[O-].[AlH2-].[AlH2-].[AlH2-].[AlH2-].[AlH2-].[AlH2-].[AlH2-].[AlH2-].[Al].[Al].[Al].[Al].[Al].[Al].[Al].[Al]. The van der Waals surface area contributed by atoms with E-state index in [4.69, 9.17) is 9.47 Å². The summed E-state index contributed by atoms with van der Waals surface area (Å²) < 4.78 is 318. The average molecular weight is 2130 g/mol. The summed E-state index contributed by atoms with van der Waals surface area (Å²) in [6.45, 7) is -4.79. The Morgan fingerprint density at radius 2 is 0.427 bits per heavy atom. The normalized spacial score (nSPS) is 15.2. The van der Waals surface area contributed by atoms with Gasteiger partial charge in [-0.05, 0) is 0 Å². The maximum Gasteiger partial charge on any atom is 0.229 e. The van der Waals surface area contributed by atoms with Crippen LogP contribution < -0.4 is 0 Å². The van der Waals surface area contributed by atoms with Gasteiger partial charge in [0, 0.05) is 139 Å². The summed E-state index contributed by atoms with van der Waals surface area (Å²) in [5.74, 6) is -4.46. The van der Waals surface area contributed by atoms with Crippen LogP contribution in [0, 0.1) is 0 Å². The fourth-order valence-electron chi connectivity index (χ4n) is 3.99. The van der Waals surface area contributed by atoms with Crippen molar-refractivity contribution in [3.05, 3.63) is 0 Å². The van der Waals surface area contributed by atoms with Crippen molar-refractivity contribution in [2.24, 2.45) is 0 Å². The molecular weight excluding hydrogens is 2020 g/mol. The lowest BCUT2D eigenvalue weighted by Crippen LogP contribution is -2.65. The first-order valence-electron chi connectivity index (χ1n) is 11.7. The van der Waals surface area contributed by atoms with Crippen LogP contribution >= 0.6 is 0 Å². The average Bonchev–Trinajstić information content (AvgIpc) is 3.10. The smallest absolute Gasteiger partial charge is 0.229 e. The molecule has 0 amide bonds. The molecule has 110 heavy (non-hydrogen) atoms. The molecule has 0 aliphatic carbocycles. The van der Waals surface area contributed by atoms with Crippen molar-refractivity contribution in [2.45, 2.75) is 55.0 Å². The summed E-state index contributed by atoms with van der Waals surface area (Å²) in [4.78, 5) is 0. The molecule has 0 aromatic carbocycles. The molecule has 2 saturated heterocycles. The number of ether oxygens (including phenoxy) is 3. The van der Waals surface area contributed by atoms with Gasteiger partial charge in [0.2, 0.25) is 95.3 Å². The van der Waals surface area contributed by atoms with Crippen LogP contribution in [0.4, 0.5) is 0 Å². The van der Waals surface area contributed by atoms with Crippen LogP contribution in [0.1, 0.15) is 0 Å². The van der Waals surface area contributed by atoms with E-state index in [0.29, 0.717) is 0 Å². The molecule has 0 spiro atoms. The van der Waals surface area contributed by atoms with Gasteiger partial charge >= 0.3 is 0 Å². The largest absolute Gasteiger partial charge is 0.726 e. The van der Waals surface area contributed by atoms with E-state index in [2.05, 4.69) is 38.2 Å². The highest BCUT2D eigenvalue weighted by atomic mass is 32.3. The fourth-order valence-corrected chi connectivity index (χ4v) is 7.43. The molecule has 0 bridgehead atoms. The van der Waals surface area contributed by atoms with E-state index in [9.17, 15) is 104 Å². The number of hydrogen-bond acceptors (Lipinski definition) is 35. The molecule has 714 valence electrons. The minimum atomic E-state index is -6.63. The first-order chi connectivity index (χ1) is 23.7. The van der Waals surface area contributed by atoms with Crippen LogP contribution in [0.3, 0.4) is 0 Å². The molecule has 0 aromatic heterocycles. The fraction of sp³-hybridized carbons (Fsp3) is 1.00. The molecule has 40 radical (unpaired) electrons. The van der Waals surface area contributed by atoms with E-state index in [1.807, 2.05) is 0 Å². The highest BCUT2D eigenvalue weighted by Gasteiger charge is 2.65. The molecule has 75 nitrogen and oxygen atoms in total. The Labute approximate surface area is 791 Å². The molecule has 2 heterocycles. The van der Waals surface area contributed by atoms with Gasteiger partial charge in [-0.15, -0.1) is 0 Å². The molecule has 0 aromatic rings. The van der Waals surface area contributed by atoms with Gasteiger partial charge in [-0.1, -0.05) is 0 Å². The summed E-state index contributed by atoms with van der Waals surface area (Å²) in [5, 5.41) is 0. The van der Waals surface area contributed by atoms with E-state index in [1.54, 1.807) is 0 Å². The molecule has 9 atom stereocenters. The number of hydrogen-bond donors (Lipinski definition) is 0. The lowest BCUT2D eigenvalue weighted by Gasteiger charge is -2.47. The molecule has 2 aliphatic heterocycles. The second-order valence-corrected chi connectivity index (χ2v) is 17.3. The third kappa shape index (κ3) is 168. The molecular formula is C11H108Al16O75S8-16. The molecule has 2 rings (SSSR count). The van der Waals surface area contributed by atoms with E-state index >= 15 is 0 Å². The second-order valence-electron chi connectivity index (χ2n) is 9.13. The monoisotopic (exact) mass is 2130 g/mol. The predicted molar refractivity (Wildman–Crippen MR) is 391 cm³/mol. The molecule has 0 saturated carbocycles. The van der Waals surface area contributed by atoms with E-state index < -0.39 is 151 Å². The van der Waals surface area contributed by atoms with Crippen molar-refractivity contribution in [2.75, 3.05) is 13.2 Å². The van der Waals surface area contributed by atoms with Gasteiger partial charge in [-0.3, -0.25) is 29.3 Å². The standard InChI is InChI=1S/C11H20O35S8.16Al.40H2O.16H/c12-47(13,14)36-1-3-4(41-49(18,19)20)5(42-50(21,22)23)6(43-51(24,25)26)9(38-3)39-11(2-37-48(15,16)17)8(45-53(30,31)32)7(44-52(27,28)29)10(40-11)46-54(33,34)35;;;;;;;;;;;;;;;;;;;;;;;;;;;;;;;;;;;;;;;;;;;;;;;;;;;;;;;;;;;;;;;;;;;;;;;;/h3-10H,1-2H2,(H,12,13,14)(H,15,16,17)(H,18,19,20)(H,21,22,23)(H,24,25,26)(H,27,28,29)(H,30,31,32)(H,33,34,35);;;;;;;;;;;;;;;;;40*1H2;;;;;;;;;;;;;;;;/q;;;;;;;;;8*-1;;;;;;;;;;;;;;;;;;;;;;;;;;;;;;;;;;;;;;;;;;;;;;;;;;;;;;;;/p-8/t3-,4-,5+,6-,7+,8+,9+,10-,11-;;;;;;;;;;;;;;;;;;;;;;;;;;;;;;;;;;;;;;;;;;;;;;;;;;;;;;;;;;;;;;;;;;;;;;;;/m1......................................................................../s1. The Hall–Kier alpha value is 5.76. The van der Waals surface area contributed by atoms with Gasteiger partial charge < -0.3 is 409 Å². The van der Waals surface area contributed by atoms with Crippen molar-refractivity contribution in [1.29, 1.82) is 0 Å². The summed E-state index contributed by atoms with van der Waals surface area (Å²) in [7, 11) is -51.5. The van der Waals surface area contributed by atoms with Crippen molar-refractivity contribution in [1.82, 2.24) is 0 Å². The van der Waals surface area contributed by atoms with Crippen LogP contribution in [0.2, 0.25) is 0 Å².